The van der Waals surface area contributed by atoms with Crippen LogP contribution in [-0.2, 0) is 4.79 Å². The molecule has 3 fully saturated rings. The SMILES string of the molecule is O=C([C@@H]1CCCN1C(=O)c1ccco1)N1CCC2(CCCCC2)C1. The fourth-order valence-electron chi connectivity index (χ4n) is 4.85. The maximum absolute atomic E-state index is 13.1. The lowest BCUT2D eigenvalue weighted by atomic mass is 9.73. The van der Waals surface area contributed by atoms with Gasteiger partial charge in [0.1, 0.15) is 6.04 Å². The molecule has 5 heteroatoms. The lowest BCUT2D eigenvalue weighted by molar-refractivity contribution is -0.134. The van der Waals surface area contributed by atoms with E-state index in [1.807, 2.05) is 4.90 Å². The molecule has 1 atom stereocenters. The van der Waals surface area contributed by atoms with Crippen molar-refractivity contribution in [3.8, 4) is 0 Å². The Hall–Kier alpha value is -1.78. The van der Waals surface area contributed by atoms with Crippen LogP contribution in [0, 0.1) is 5.41 Å². The second-order valence-electron chi connectivity index (χ2n) is 7.70. The van der Waals surface area contributed by atoms with Crippen LogP contribution in [0.3, 0.4) is 0 Å². The molecule has 4 rings (SSSR count). The van der Waals surface area contributed by atoms with Crippen molar-refractivity contribution >= 4 is 11.8 Å². The van der Waals surface area contributed by atoms with Crippen LogP contribution in [-0.4, -0.2) is 47.3 Å². The topological polar surface area (TPSA) is 53.8 Å². The summed E-state index contributed by atoms with van der Waals surface area (Å²) >= 11 is 0. The fourth-order valence-corrected chi connectivity index (χ4v) is 4.85. The smallest absolute Gasteiger partial charge is 0.290 e. The first-order valence-corrected chi connectivity index (χ1v) is 9.32. The van der Waals surface area contributed by atoms with Crippen LogP contribution in [0.2, 0.25) is 0 Å². The van der Waals surface area contributed by atoms with Gasteiger partial charge in [0, 0.05) is 19.6 Å². The van der Waals surface area contributed by atoms with Crippen LogP contribution in [0.4, 0.5) is 0 Å². The zero-order valence-electron chi connectivity index (χ0n) is 14.2. The minimum absolute atomic E-state index is 0.148. The molecule has 3 heterocycles. The Bertz CT molecular complexity index is 604. The lowest BCUT2D eigenvalue weighted by Crippen LogP contribution is -2.47. The van der Waals surface area contributed by atoms with Crippen molar-refractivity contribution in [3.05, 3.63) is 24.2 Å². The van der Waals surface area contributed by atoms with Crippen molar-refractivity contribution in [2.24, 2.45) is 5.41 Å². The van der Waals surface area contributed by atoms with Gasteiger partial charge in [0.05, 0.1) is 6.26 Å². The zero-order chi connectivity index (χ0) is 16.6. The second-order valence-corrected chi connectivity index (χ2v) is 7.70. The number of rotatable bonds is 2. The summed E-state index contributed by atoms with van der Waals surface area (Å²) in [5, 5.41) is 0. The number of hydrogen-bond donors (Lipinski definition) is 0. The van der Waals surface area contributed by atoms with Gasteiger partial charge in [-0.3, -0.25) is 9.59 Å². The van der Waals surface area contributed by atoms with Crippen molar-refractivity contribution < 1.29 is 14.0 Å². The Balaban J connectivity index is 1.45. The van der Waals surface area contributed by atoms with Crippen molar-refractivity contribution in [1.29, 1.82) is 0 Å². The number of nitrogens with zero attached hydrogens (tertiary/aromatic N) is 2. The number of hydrogen-bond acceptors (Lipinski definition) is 3. The molecule has 130 valence electrons. The largest absolute Gasteiger partial charge is 0.459 e. The molecule has 0 aromatic carbocycles. The summed E-state index contributed by atoms with van der Waals surface area (Å²) in [4.78, 5) is 29.4. The van der Waals surface area contributed by atoms with E-state index in [2.05, 4.69) is 0 Å². The average Bonchev–Trinajstić information content (AvgIpc) is 3.35. The summed E-state index contributed by atoms with van der Waals surface area (Å²) in [7, 11) is 0. The monoisotopic (exact) mass is 330 g/mol. The van der Waals surface area contributed by atoms with Gasteiger partial charge in [-0.05, 0) is 49.7 Å². The molecular formula is C19H26N2O3. The molecule has 0 unspecified atom stereocenters. The highest BCUT2D eigenvalue weighted by atomic mass is 16.3. The van der Waals surface area contributed by atoms with E-state index in [-0.39, 0.29) is 17.9 Å². The Morgan fingerprint density at radius 3 is 2.67 bits per heavy atom. The highest BCUT2D eigenvalue weighted by Gasteiger charge is 2.44. The van der Waals surface area contributed by atoms with Gasteiger partial charge in [-0.15, -0.1) is 0 Å². The first kappa shape index (κ1) is 15.7. The van der Waals surface area contributed by atoms with Gasteiger partial charge in [-0.2, -0.15) is 0 Å². The van der Waals surface area contributed by atoms with Crippen molar-refractivity contribution in [2.45, 2.75) is 57.4 Å². The minimum atomic E-state index is -0.304. The summed E-state index contributed by atoms with van der Waals surface area (Å²) in [6.45, 7) is 2.40. The number of likely N-dealkylation sites (tertiary alicyclic amines) is 2. The van der Waals surface area contributed by atoms with Gasteiger partial charge in [0.2, 0.25) is 5.91 Å². The number of carbonyl (C=O) groups is 2. The molecule has 0 radical (unpaired) electrons. The Kier molecular flexibility index (Phi) is 4.10. The van der Waals surface area contributed by atoms with E-state index in [9.17, 15) is 9.59 Å². The molecule has 0 bridgehead atoms. The van der Waals surface area contributed by atoms with Crippen molar-refractivity contribution in [1.82, 2.24) is 9.80 Å². The standard InChI is InChI=1S/C19H26N2O3/c22-17(20-12-10-19(14-20)8-2-1-3-9-19)15-6-4-11-21(15)18(23)16-7-5-13-24-16/h5,7,13,15H,1-4,6,8-12,14H2/t15-/m0/s1. The van der Waals surface area contributed by atoms with Crippen LogP contribution >= 0.6 is 0 Å². The molecule has 1 aliphatic carbocycles. The summed E-state index contributed by atoms with van der Waals surface area (Å²) in [5.41, 5.74) is 0.363. The van der Waals surface area contributed by atoms with Gasteiger partial charge >= 0.3 is 0 Å². The molecule has 0 N–H and O–H groups in total. The van der Waals surface area contributed by atoms with E-state index in [0.717, 1.165) is 32.4 Å². The fraction of sp³-hybridized carbons (Fsp3) is 0.684. The lowest BCUT2D eigenvalue weighted by Gasteiger charge is -2.34. The molecule has 2 aliphatic heterocycles. The number of furan rings is 1. The minimum Gasteiger partial charge on any atom is -0.459 e. The predicted molar refractivity (Wildman–Crippen MR) is 89.5 cm³/mol. The first-order valence-electron chi connectivity index (χ1n) is 9.32. The Morgan fingerprint density at radius 2 is 1.92 bits per heavy atom. The highest BCUT2D eigenvalue weighted by Crippen LogP contribution is 2.44. The molecule has 2 amide bonds. The van der Waals surface area contributed by atoms with E-state index in [0.29, 0.717) is 17.7 Å². The van der Waals surface area contributed by atoms with Gasteiger partial charge in [-0.25, -0.2) is 0 Å². The third kappa shape index (κ3) is 2.74. The normalized spacial score (nSPS) is 26.2. The van der Waals surface area contributed by atoms with Crippen LogP contribution in [0.1, 0.15) is 61.9 Å². The quantitative estimate of drug-likeness (QED) is 0.837. The van der Waals surface area contributed by atoms with E-state index >= 15 is 0 Å². The van der Waals surface area contributed by atoms with Crippen LogP contribution in [0.25, 0.3) is 0 Å². The summed E-state index contributed by atoms with van der Waals surface area (Å²) in [6.07, 6.45) is 10.8. The van der Waals surface area contributed by atoms with Gasteiger partial charge < -0.3 is 14.2 Å². The Labute approximate surface area is 143 Å². The molecule has 5 nitrogen and oxygen atoms in total. The third-order valence-corrected chi connectivity index (χ3v) is 6.19. The third-order valence-electron chi connectivity index (χ3n) is 6.19. The summed E-state index contributed by atoms with van der Waals surface area (Å²) < 4.78 is 5.24. The van der Waals surface area contributed by atoms with Crippen LogP contribution in [0.15, 0.2) is 22.8 Å². The maximum atomic E-state index is 13.1. The Morgan fingerprint density at radius 1 is 1.08 bits per heavy atom. The van der Waals surface area contributed by atoms with E-state index in [4.69, 9.17) is 4.42 Å². The van der Waals surface area contributed by atoms with Crippen molar-refractivity contribution in [3.63, 3.8) is 0 Å². The number of carbonyl (C=O) groups excluding carboxylic acids is 2. The molecule has 3 aliphatic rings. The number of amides is 2. The summed E-state index contributed by atoms with van der Waals surface area (Å²) in [6, 6.07) is 3.09. The molecule has 1 aromatic heterocycles. The van der Waals surface area contributed by atoms with Crippen LogP contribution in [0.5, 0.6) is 0 Å². The summed E-state index contributed by atoms with van der Waals surface area (Å²) in [5.74, 6) is 0.331. The zero-order valence-corrected chi connectivity index (χ0v) is 14.2. The average molecular weight is 330 g/mol. The first-order chi connectivity index (χ1) is 11.7. The van der Waals surface area contributed by atoms with E-state index < -0.39 is 0 Å². The molecule has 2 saturated heterocycles. The van der Waals surface area contributed by atoms with Crippen molar-refractivity contribution in [2.75, 3.05) is 19.6 Å². The molecule has 24 heavy (non-hydrogen) atoms. The van der Waals surface area contributed by atoms with E-state index in [1.165, 1.54) is 38.4 Å². The van der Waals surface area contributed by atoms with E-state index in [1.54, 1.807) is 17.0 Å². The molecule has 1 spiro atoms. The predicted octanol–water partition coefficient (Wildman–Crippen LogP) is 3.07. The highest BCUT2D eigenvalue weighted by molar-refractivity contribution is 5.96. The van der Waals surface area contributed by atoms with Gasteiger partial charge in [-0.1, -0.05) is 19.3 Å². The van der Waals surface area contributed by atoms with Crippen LogP contribution < -0.4 is 0 Å². The second kappa shape index (κ2) is 6.26. The molecule has 1 aromatic rings. The van der Waals surface area contributed by atoms with Gasteiger partial charge in [0.15, 0.2) is 5.76 Å². The maximum Gasteiger partial charge on any atom is 0.290 e. The molecular weight excluding hydrogens is 304 g/mol. The van der Waals surface area contributed by atoms with Gasteiger partial charge in [0.25, 0.3) is 5.91 Å². The molecule has 1 saturated carbocycles.